The molecular formula is C17H22N4O2S. The number of anilines is 1. The van der Waals surface area contributed by atoms with Crippen molar-refractivity contribution in [3.63, 3.8) is 0 Å². The van der Waals surface area contributed by atoms with Crippen molar-refractivity contribution in [3.05, 3.63) is 30.3 Å². The van der Waals surface area contributed by atoms with Gasteiger partial charge in [-0.05, 0) is 5.92 Å². The van der Waals surface area contributed by atoms with E-state index in [0.717, 1.165) is 17.0 Å². The van der Waals surface area contributed by atoms with E-state index in [-0.39, 0.29) is 17.7 Å². The Morgan fingerprint density at radius 3 is 2.50 bits per heavy atom. The Kier molecular flexibility index (Phi) is 6.43. The molecule has 0 saturated carbocycles. The van der Waals surface area contributed by atoms with Gasteiger partial charge in [0.05, 0.1) is 0 Å². The van der Waals surface area contributed by atoms with E-state index in [4.69, 9.17) is 0 Å². The van der Waals surface area contributed by atoms with E-state index in [1.54, 1.807) is 6.92 Å². The highest BCUT2D eigenvalue weighted by Crippen LogP contribution is 2.26. The molecule has 1 aromatic carbocycles. The van der Waals surface area contributed by atoms with E-state index in [9.17, 15) is 9.59 Å². The minimum atomic E-state index is -0.577. The predicted molar refractivity (Wildman–Crippen MR) is 95.7 cm³/mol. The minimum Gasteiger partial charge on any atom is -0.344 e. The summed E-state index contributed by atoms with van der Waals surface area (Å²) in [6.07, 6.45) is 1.13. The molecule has 0 bridgehead atoms. The standard InChI is InChI=1S/C17H22N4O2S/c1-4-11(3)14(18-13(22)5-2)15(23)19-17-21-20-16(24-17)12-9-7-6-8-10-12/h6-11,14H,4-5H2,1-3H3,(H,18,22)(H,19,21,23)/t11-,14+/m1/s1. The van der Waals surface area contributed by atoms with Crippen molar-refractivity contribution in [1.29, 1.82) is 0 Å². The first-order chi connectivity index (χ1) is 11.5. The van der Waals surface area contributed by atoms with Crippen LogP contribution in [0, 0.1) is 5.92 Å². The largest absolute Gasteiger partial charge is 0.344 e. The van der Waals surface area contributed by atoms with Crippen LogP contribution in [-0.2, 0) is 9.59 Å². The molecule has 0 aliphatic rings. The van der Waals surface area contributed by atoms with E-state index < -0.39 is 6.04 Å². The molecule has 1 heterocycles. The van der Waals surface area contributed by atoms with Crippen molar-refractivity contribution >= 4 is 28.3 Å². The predicted octanol–water partition coefficient (Wildman–Crippen LogP) is 3.08. The number of nitrogens with one attached hydrogen (secondary N) is 2. The summed E-state index contributed by atoms with van der Waals surface area (Å²) in [5.74, 6) is -0.374. The van der Waals surface area contributed by atoms with Crippen LogP contribution in [0.3, 0.4) is 0 Å². The Balaban J connectivity index is 2.09. The summed E-state index contributed by atoms with van der Waals surface area (Å²) in [5.41, 5.74) is 0.952. The summed E-state index contributed by atoms with van der Waals surface area (Å²) < 4.78 is 0. The average molecular weight is 346 g/mol. The Morgan fingerprint density at radius 2 is 1.88 bits per heavy atom. The SMILES string of the molecule is CCC(=O)N[C@H](C(=O)Nc1nnc(-c2ccccc2)s1)[C@H](C)CC. The molecule has 0 fully saturated rings. The normalized spacial score (nSPS) is 13.1. The van der Waals surface area contributed by atoms with Crippen LogP contribution in [0.1, 0.15) is 33.6 Å². The van der Waals surface area contributed by atoms with Crippen LogP contribution < -0.4 is 10.6 Å². The van der Waals surface area contributed by atoms with Crippen molar-refractivity contribution in [1.82, 2.24) is 15.5 Å². The molecule has 24 heavy (non-hydrogen) atoms. The van der Waals surface area contributed by atoms with E-state index in [0.29, 0.717) is 11.6 Å². The van der Waals surface area contributed by atoms with Crippen molar-refractivity contribution in [2.24, 2.45) is 5.92 Å². The second kappa shape index (κ2) is 8.54. The maximum absolute atomic E-state index is 12.5. The van der Waals surface area contributed by atoms with Gasteiger partial charge in [-0.25, -0.2) is 0 Å². The molecule has 128 valence electrons. The molecule has 0 spiro atoms. The van der Waals surface area contributed by atoms with Gasteiger partial charge >= 0.3 is 0 Å². The van der Waals surface area contributed by atoms with Crippen LogP contribution in [-0.4, -0.2) is 28.1 Å². The molecule has 2 rings (SSSR count). The third kappa shape index (κ3) is 4.61. The average Bonchev–Trinajstić information content (AvgIpc) is 3.07. The number of carbonyl (C=O) groups excluding carboxylic acids is 2. The number of hydrogen-bond acceptors (Lipinski definition) is 5. The lowest BCUT2D eigenvalue weighted by Crippen LogP contribution is -2.47. The van der Waals surface area contributed by atoms with Crippen molar-refractivity contribution in [2.75, 3.05) is 5.32 Å². The Labute approximate surface area is 145 Å². The highest BCUT2D eigenvalue weighted by Gasteiger charge is 2.26. The first-order valence-electron chi connectivity index (χ1n) is 8.04. The lowest BCUT2D eigenvalue weighted by Gasteiger charge is -2.22. The van der Waals surface area contributed by atoms with E-state index >= 15 is 0 Å². The molecule has 1 aromatic heterocycles. The molecule has 7 heteroatoms. The summed E-state index contributed by atoms with van der Waals surface area (Å²) in [5, 5.41) is 14.8. The number of carbonyl (C=O) groups is 2. The Hall–Kier alpha value is -2.28. The summed E-state index contributed by atoms with van der Waals surface area (Å²) in [6.45, 7) is 5.69. The maximum Gasteiger partial charge on any atom is 0.249 e. The minimum absolute atomic E-state index is 0.0296. The lowest BCUT2D eigenvalue weighted by molar-refractivity contribution is -0.127. The van der Waals surface area contributed by atoms with Crippen LogP contribution in [0.2, 0.25) is 0 Å². The summed E-state index contributed by atoms with van der Waals surface area (Å²) >= 11 is 1.31. The van der Waals surface area contributed by atoms with Gasteiger partial charge in [0.25, 0.3) is 0 Å². The number of amides is 2. The van der Waals surface area contributed by atoms with Gasteiger partial charge in [0.15, 0.2) is 0 Å². The fraction of sp³-hybridized carbons (Fsp3) is 0.412. The first kappa shape index (κ1) is 18.1. The van der Waals surface area contributed by atoms with E-state index in [2.05, 4.69) is 20.8 Å². The maximum atomic E-state index is 12.5. The molecule has 0 saturated heterocycles. The van der Waals surface area contributed by atoms with Gasteiger partial charge < -0.3 is 5.32 Å². The van der Waals surface area contributed by atoms with Crippen LogP contribution in [0.25, 0.3) is 10.6 Å². The van der Waals surface area contributed by atoms with E-state index in [1.807, 2.05) is 44.2 Å². The molecule has 0 aliphatic heterocycles. The highest BCUT2D eigenvalue weighted by atomic mass is 32.1. The van der Waals surface area contributed by atoms with Gasteiger partial charge in [-0.1, -0.05) is 68.9 Å². The van der Waals surface area contributed by atoms with E-state index in [1.165, 1.54) is 11.3 Å². The molecule has 0 aliphatic carbocycles. The van der Waals surface area contributed by atoms with Gasteiger partial charge in [0.2, 0.25) is 16.9 Å². The quantitative estimate of drug-likeness (QED) is 0.807. The van der Waals surface area contributed by atoms with Crippen LogP contribution in [0.4, 0.5) is 5.13 Å². The number of benzene rings is 1. The molecule has 2 aromatic rings. The highest BCUT2D eigenvalue weighted by molar-refractivity contribution is 7.18. The zero-order valence-electron chi connectivity index (χ0n) is 14.1. The van der Waals surface area contributed by atoms with Crippen LogP contribution >= 0.6 is 11.3 Å². The zero-order chi connectivity index (χ0) is 17.5. The van der Waals surface area contributed by atoms with Gasteiger partial charge in [0.1, 0.15) is 11.0 Å². The molecule has 0 unspecified atom stereocenters. The van der Waals surface area contributed by atoms with Crippen molar-refractivity contribution in [3.8, 4) is 10.6 Å². The summed E-state index contributed by atoms with van der Waals surface area (Å²) in [7, 11) is 0. The van der Waals surface area contributed by atoms with Gasteiger partial charge in [-0.2, -0.15) is 0 Å². The molecule has 0 radical (unpaired) electrons. The van der Waals surface area contributed by atoms with Crippen molar-refractivity contribution < 1.29 is 9.59 Å². The smallest absolute Gasteiger partial charge is 0.249 e. The fourth-order valence-electron chi connectivity index (χ4n) is 2.13. The second-order valence-electron chi connectivity index (χ2n) is 5.55. The van der Waals surface area contributed by atoms with Crippen molar-refractivity contribution in [2.45, 2.75) is 39.7 Å². The monoisotopic (exact) mass is 346 g/mol. The number of nitrogens with zero attached hydrogens (tertiary/aromatic N) is 2. The van der Waals surface area contributed by atoms with Gasteiger partial charge in [-0.3, -0.25) is 14.9 Å². The number of rotatable bonds is 7. The second-order valence-corrected chi connectivity index (χ2v) is 6.53. The summed E-state index contributed by atoms with van der Waals surface area (Å²) in [4.78, 5) is 24.2. The topological polar surface area (TPSA) is 84.0 Å². The van der Waals surface area contributed by atoms with Crippen LogP contribution in [0.15, 0.2) is 30.3 Å². The Morgan fingerprint density at radius 1 is 1.17 bits per heavy atom. The first-order valence-corrected chi connectivity index (χ1v) is 8.85. The summed E-state index contributed by atoms with van der Waals surface area (Å²) in [6, 6.07) is 9.08. The molecule has 6 nitrogen and oxygen atoms in total. The molecule has 2 N–H and O–H groups in total. The number of aromatic nitrogens is 2. The molecule has 2 amide bonds. The lowest BCUT2D eigenvalue weighted by atomic mass is 9.98. The van der Waals surface area contributed by atoms with Gasteiger partial charge in [-0.15, -0.1) is 10.2 Å². The van der Waals surface area contributed by atoms with Gasteiger partial charge in [0, 0.05) is 12.0 Å². The number of hydrogen-bond donors (Lipinski definition) is 2. The third-order valence-electron chi connectivity index (χ3n) is 3.81. The molecule has 2 atom stereocenters. The fourth-order valence-corrected chi connectivity index (χ4v) is 2.88. The third-order valence-corrected chi connectivity index (χ3v) is 4.70. The zero-order valence-corrected chi connectivity index (χ0v) is 14.9. The Bertz CT molecular complexity index is 687. The molecular weight excluding hydrogens is 324 g/mol. The van der Waals surface area contributed by atoms with Crippen LogP contribution in [0.5, 0.6) is 0 Å².